The summed E-state index contributed by atoms with van der Waals surface area (Å²) < 4.78 is 0. The maximum absolute atomic E-state index is 4.38. The predicted molar refractivity (Wildman–Crippen MR) is 182 cm³/mol. The van der Waals surface area contributed by atoms with Crippen molar-refractivity contribution in [3.8, 4) is 33.4 Å². The third kappa shape index (κ3) is 5.53. The number of aromatic nitrogens is 3. The van der Waals surface area contributed by atoms with Crippen LogP contribution in [-0.4, -0.2) is 21.7 Å². The van der Waals surface area contributed by atoms with Crippen molar-refractivity contribution in [1.29, 1.82) is 0 Å². The lowest BCUT2D eigenvalue weighted by Gasteiger charge is -2.28. The standard InChI is InChI=1S/C39H36BN3/c1-25-16-34(31-10-7-13-41-22-31)17-26(2)37(25)40(38-27(3)18-35(19-28(38)4)32-11-8-14-42-23-32)39-29(5)20-36(21-30(39)6)33-12-9-15-43-24-33/h7-24H,1-6H3. The van der Waals surface area contributed by atoms with Crippen LogP contribution in [0, 0.1) is 41.5 Å². The van der Waals surface area contributed by atoms with Gasteiger partial charge in [-0.25, -0.2) is 0 Å². The van der Waals surface area contributed by atoms with Crippen molar-refractivity contribution >= 4 is 23.1 Å². The van der Waals surface area contributed by atoms with E-state index in [1.165, 1.54) is 66.5 Å². The molecule has 0 unspecified atom stereocenters. The first-order chi connectivity index (χ1) is 20.8. The van der Waals surface area contributed by atoms with E-state index in [2.05, 4.69) is 111 Å². The van der Waals surface area contributed by atoms with Gasteiger partial charge in [-0.3, -0.25) is 15.0 Å². The Kier molecular flexibility index (Phi) is 7.77. The molecule has 0 atom stereocenters. The highest BCUT2D eigenvalue weighted by molar-refractivity contribution is 6.97. The van der Waals surface area contributed by atoms with E-state index in [4.69, 9.17) is 0 Å². The van der Waals surface area contributed by atoms with E-state index in [1.54, 1.807) is 0 Å². The van der Waals surface area contributed by atoms with Crippen molar-refractivity contribution < 1.29 is 0 Å². The van der Waals surface area contributed by atoms with Crippen LogP contribution in [0.4, 0.5) is 0 Å². The molecule has 3 heterocycles. The zero-order chi connectivity index (χ0) is 30.1. The fourth-order valence-electron chi connectivity index (χ4n) is 6.82. The molecule has 210 valence electrons. The normalized spacial score (nSPS) is 11.0. The van der Waals surface area contributed by atoms with Crippen LogP contribution in [0.2, 0.25) is 0 Å². The third-order valence-corrected chi connectivity index (χ3v) is 8.63. The highest BCUT2D eigenvalue weighted by Crippen LogP contribution is 2.26. The molecular formula is C39H36BN3. The summed E-state index contributed by atoms with van der Waals surface area (Å²) in [4.78, 5) is 13.1. The van der Waals surface area contributed by atoms with Crippen LogP contribution < -0.4 is 16.4 Å². The number of aryl methyl sites for hydroxylation is 6. The highest BCUT2D eigenvalue weighted by atomic mass is 14.6. The van der Waals surface area contributed by atoms with E-state index in [-0.39, 0.29) is 6.71 Å². The monoisotopic (exact) mass is 557 g/mol. The Balaban J connectivity index is 1.59. The van der Waals surface area contributed by atoms with Crippen LogP contribution in [0.1, 0.15) is 33.4 Å². The van der Waals surface area contributed by atoms with Gasteiger partial charge in [0.2, 0.25) is 6.71 Å². The summed E-state index contributed by atoms with van der Waals surface area (Å²) >= 11 is 0. The molecule has 0 aliphatic carbocycles. The molecule has 3 aromatic carbocycles. The summed E-state index contributed by atoms with van der Waals surface area (Å²) in [6.07, 6.45) is 11.3. The summed E-state index contributed by atoms with van der Waals surface area (Å²) in [7, 11) is 0. The fourth-order valence-corrected chi connectivity index (χ4v) is 6.82. The smallest absolute Gasteiger partial charge is 0.243 e. The summed E-state index contributed by atoms with van der Waals surface area (Å²) in [6, 6.07) is 26.4. The van der Waals surface area contributed by atoms with E-state index in [1.807, 2.05) is 55.4 Å². The van der Waals surface area contributed by atoms with E-state index in [9.17, 15) is 0 Å². The SMILES string of the molecule is Cc1cc(-c2cccnc2)cc(C)c1B(c1c(C)cc(-c2cccnc2)cc1C)c1c(C)cc(-c2cccnc2)cc1C. The van der Waals surface area contributed by atoms with Gasteiger partial charge in [-0.05, 0) is 76.4 Å². The van der Waals surface area contributed by atoms with Crippen LogP contribution in [0.25, 0.3) is 33.4 Å². The molecule has 0 aliphatic heterocycles. The molecular weight excluding hydrogens is 521 g/mol. The van der Waals surface area contributed by atoms with Gasteiger partial charge in [-0.15, -0.1) is 0 Å². The molecule has 3 nitrogen and oxygen atoms in total. The van der Waals surface area contributed by atoms with Gasteiger partial charge >= 0.3 is 0 Å². The second-order valence-corrected chi connectivity index (χ2v) is 11.7. The maximum atomic E-state index is 4.38. The molecule has 6 aromatic rings. The van der Waals surface area contributed by atoms with Crippen molar-refractivity contribution in [2.45, 2.75) is 41.5 Å². The lowest BCUT2D eigenvalue weighted by molar-refractivity contribution is 1.32. The minimum absolute atomic E-state index is 0.0776. The minimum Gasteiger partial charge on any atom is -0.264 e. The zero-order valence-corrected chi connectivity index (χ0v) is 25.8. The molecule has 0 saturated carbocycles. The Morgan fingerprint density at radius 1 is 0.372 bits per heavy atom. The number of benzene rings is 3. The summed E-state index contributed by atoms with van der Waals surface area (Å²) in [6.45, 7) is 13.7. The molecule has 0 N–H and O–H groups in total. The van der Waals surface area contributed by atoms with E-state index in [0.29, 0.717) is 0 Å². The van der Waals surface area contributed by atoms with Gasteiger partial charge in [0.25, 0.3) is 0 Å². The van der Waals surface area contributed by atoms with Crippen molar-refractivity contribution in [3.63, 3.8) is 0 Å². The van der Waals surface area contributed by atoms with Gasteiger partial charge in [0, 0.05) is 53.9 Å². The van der Waals surface area contributed by atoms with Crippen LogP contribution >= 0.6 is 0 Å². The summed E-state index contributed by atoms with van der Waals surface area (Å²) in [5.74, 6) is 0. The summed E-state index contributed by atoms with van der Waals surface area (Å²) in [5, 5.41) is 0. The topological polar surface area (TPSA) is 38.7 Å². The van der Waals surface area contributed by atoms with Crippen LogP contribution in [0.3, 0.4) is 0 Å². The maximum Gasteiger partial charge on any atom is 0.243 e. The first kappa shape index (κ1) is 28.3. The summed E-state index contributed by atoms with van der Waals surface area (Å²) in [5.41, 5.74) is 18.8. The van der Waals surface area contributed by atoms with Gasteiger partial charge in [0.05, 0.1) is 0 Å². The molecule has 0 bridgehead atoms. The lowest BCUT2D eigenvalue weighted by atomic mass is 9.33. The predicted octanol–water partition coefficient (Wildman–Crippen LogP) is 7.24. The van der Waals surface area contributed by atoms with Gasteiger partial charge < -0.3 is 0 Å². The molecule has 4 heteroatoms. The van der Waals surface area contributed by atoms with Crippen LogP contribution in [0.5, 0.6) is 0 Å². The van der Waals surface area contributed by atoms with E-state index in [0.717, 1.165) is 16.7 Å². The minimum atomic E-state index is 0.0776. The van der Waals surface area contributed by atoms with E-state index >= 15 is 0 Å². The fraction of sp³-hybridized carbons (Fsp3) is 0.154. The zero-order valence-electron chi connectivity index (χ0n) is 25.8. The van der Waals surface area contributed by atoms with Gasteiger partial charge in [0.1, 0.15) is 0 Å². The Hall–Kier alpha value is -4.83. The van der Waals surface area contributed by atoms with Crippen LogP contribution in [0.15, 0.2) is 110 Å². The Labute approximate surface area is 255 Å². The largest absolute Gasteiger partial charge is 0.264 e. The average Bonchev–Trinajstić information content (AvgIpc) is 3.01. The number of pyridine rings is 3. The lowest BCUT2D eigenvalue weighted by Crippen LogP contribution is -2.57. The van der Waals surface area contributed by atoms with Crippen molar-refractivity contribution in [2.75, 3.05) is 0 Å². The number of rotatable bonds is 6. The molecule has 0 amide bonds. The molecule has 0 fully saturated rings. The number of nitrogens with zero attached hydrogens (tertiary/aromatic N) is 3. The van der Waals surface area contributed by atoms with Crippen molar-refractivity contribution in [2.24, 2.45) is 0 Å². The van der Waals surface area contributed by atoms with Crippen LogP contribution in [-0.2, 0) is 0 Å². The number of hydrogen-bond donors (Lipinski definition) is 0. The van der Waals surface area contributed by atoms with Gasteiger partial charge in [-0.2, -0.15) is 0 Å². The Bertz CT molecular complexity index is 1620. The second-order valence-electron chi connectivity index (χ2n) is 11.7. The first-order valence-corrected chi connectivity index (χ1v) is 14.9. The molecule has 0 radical (unpaired) electrons. The number of hydrogen-bond acceptors (Lipinski definition) is 3. The first-order valence-electron chi connectivity index (χ1n) is 14.9. The Morgan fingerprint density at radius 3 is 0.837 bits per heavy atom. The van der Waals surface area contributed by atoms with E-state index < -0.39 is 0 Å². The molecule has 0 aliphatic rings. The molecule has 0 spiro atoms. The molecule has 6 rings (SSSR count). The van der Waals surface area contributed by atoms with Gasteiger partial charge in [-0.1, -0.05) is 104 Å². The van der Waals surface area contributed by atoms with Crippen molar-refractivity contribution in [1.82, 2.24) is 15.0 Å². The average molecular weight is 558 g/mol. The van der Waals surface area contributed by atoms with Crippen molar-refractivity contribution in [3.05, 3.63) is 143 Å². The Morgan fingerprint density at radius 2 is 0.628 bits per heavy atom. The molecule has 3 aromatic heterocycles. The quantitative estimate of drug-likeness (QED) is 0.203. The second kappa shape index (κ2) is 11.8. The molecule has 0 saturated heterocycles. The highest BCUT2D eigenvalue weighted by Gasteiger charge is 2.31. The van der Waals surface area contributed by atoms with Gasteiger partial charge in [0.15, 0.2) is 0 Å². The molecule has 43 heavy (non-hydrogen) atoms. The third-order valence-electron chi connectivity index (χ3n) is 8.63.